The van der Waals surface area contributed by atoms with Gasteiger partial charge in [0.15, 0.2) is 10.1 Å². The van der Waals surface area contributed by atoms with Crippen LogP contribution in [0.3, 0.4) is 0 Å². The molecule has 0 aromatic heterocycles. The zero-order valence-electron chi connectivity index (χ0n) is 10.9. The second kappa shape index (κ2) is 7.18. The van der Waals surface area contributed by atoms with Crippen molar-refractivity contribution >= 4 is 16.1 Å². The second-order valence-electron chi connectivity index (χ2n) is 3.80. The highest BCUT2D eigenvalue weighted by Gasteiger charge is 2.61. The zero-order chi connectivity index (χ0) is 16.9. The van der Waals surface area contributed by atoms with E-state index in [1.807, 2.05) is 0 Å². The van der Waals surface area contributed by atoms with Crippen LogP contribution in [-0.4, -0.2) is 49.9 Å². The van der Waals surface area contributed by atoms with Crippen LogP contribution in [0.25, 0.3) is 0 Å². The van der Waals surface area contributed by atoms with Crippen molar-refractivity contribution < 1.29 is 44.8 Å². The van der Waals surface area contributed by atoms with Crippen molar-refractivity contribution in [1.82, 2.24) is 0 Å². The molecular weight excluding hydrogens is 324 g/mol. The molecule has 124 valence electrons. The number of alkyl halides is 4. The zero-order valence-corrected chi connectivity index (χ0v) is 11.7. The van der Waals surface area contributed by atoms with Crippen molar-refractivity contribution in [2.24, 2.45) is 0 Å². The number of rotatable bonds is 9. The Labute approximate surface area is 118 Å². The quantitative estimate of drug-likeness (QED) is 0.207. The number of carbonyl (C=O) groups excluding carboxylic acids is 1. The number of halogens is 4. The van der Waals surface area contributed by atoms with E-state index in [1.165, 1.54) is 6.92 Å². The van der Waals surface area contributed by atoms with Crippen molar-refractivity contribution in [2.45, 2.75) is 24.5 Å². The fourth-order valence-corrected chi connectivity index (χ4v) is 1.48. The van der Waals surface area contributed by atoms with Crippen molar-refractivity contribution in [3.8, 4) is 0 Å². The van der Waals surface area contributed by atoms with E-state index in [1.54, 1.807) is 0 Å². The maximum absolute atomic E-state index is 13.0. The van der Waals surface area contributed by atoms with Crippen LogP contribution in [0.4, 0.5) is 17.6 Å². The fraction of sp³-hybridized carbons (Fsp3) is 0.700. The summed E-state index contributed by atoms with van der Waals surface area (Å²) in [5, 5.41) is -5.75. The van der Waals surface area contributed by atoms with Gasteiger partial charge in [-0.2, -0.15) is 17.6 Å². The summed E-state index contributed by atoms with van der Waals surface area (Å²) < 4.78 is 90.7. The highest BCUT2D eigenvalue weighted by Crippen LogP contribution is 2.40. The minimum atomic E-state index is -6.51. The Kier molecular flexibility index (Phi) is 6.77. The summed E-state index contributed by atoms with van der Waals surface area (Å²) in [5.41, 5.74) is -0.233. The Hall–Kier alpha value is -1.20. The highest BCUT2D eigenvalue weighted by molar-refractivity contribution is 7.86. The first-order chi connectivity index (χ1) is 9.37. The van der Waals surface area contributed by atoms with E-state index in [0.29, 0.717) is 0 Å². The van der Waals surface area contributed by atoms with E-state index < -0.39 is 46.9 Å². The fourth-order valence-electron chi connectivity index (χ4n) is 1.02. The molecule has 21 heavy (non-hydrogen) atoms. The van der Waals surface area contributed by atoms with Crippen LogP contribution >= 0.6 is 0 Å². The van der Waals surface area contributed by atoms with Crippen molar-refractivity contribution in [3.63, 3.8) is 0 Å². The van der Waals surface area contributed by atoms with Gasteiger partial charge in [-0.15, -0.1) is 0 Å². The van der Waals surface area contributed by atoms with Crippen molar-refractivity contribution in [1.29, 1.82) is 0 Å². The van der Waals surface area contributed by atoms with Crippen LogP contribution in [0.2, 0.25) is 0 Å². The van der Waals surface area contributed by atoms with Crippen LogP contribution in [0.5, 0.6) is 0 Å². The summed E-state index contributed by atoms with van der Waals surface area (Å²) in [7, 11) is -6.51. The van der Waals surface area contributed by atoms with Gasteiger partial charge in [-0.3, -0.25) is 0 Å². The minimum absolute atomic E-state index is 0.0451. The first-order valence-electron chi connectivity index (χ1n) is 5.50. The summed E-state index contributed by atoms with van der Waals surface area (Å²) in [6.07, 6.45) is -1.72. The lowest BCUT2D eigenvalue weighted by Crippen LogP contribution is -2.47. The van der Waals surface area contributed by atoms with Crippen LogP contribution in [0, 0.1) is 0 Å². The van der Waals surface area contributed by atoms with Crippen molar-refractivity contribution in [2.75, 3.05) is 19.8 Å². The molecule has 0 saturated heterocycles. The Bertz CT molecular complexity index is 488. The number of carbonyl (C=O) groups is 1. The third kappa shape index (κ3) is 5.25. The van der Waals surface area contributed by atoms with Gasteiger partial charge in [-0.1, -0.05) is 6.58 Å². The first-order valence-corrected chi connectivity index (χ1v) is 6.91. The molecule has 0 aromatic carbocycles. The highest BCUT2D eigenvalue weighted by atomic mass is 32.2. The standard InChI is InChI=1S/C10H14F4O6S/c1-3-20-8(15)7(2)6-19-5-4-9(11,12)10(13,14)21(16,17)18/h2-6H2,1H3,(H,16,17,18)/p-1. The van der Waals surface area contributed by atoms with E-state index in [4.69, 9.17) is 0 Å². The van der Waals surface area contributed by atoms with E-state index in [-0.39, 0.29) is 12.2 Å². The molecule has 11 heteroatoms. The van der Waals surface area contributed by atoms with Gasteiger partial charge in [-0.05, 0) is 6.92 Å². The van der Waals surface area contributed by atoms with E-state index in [2.05, 4.69) is 16.1 Å². The van der Waals surface area contributed by atoms with Gasteiger partial charge in [0.25, 0.3) is 0 Å². The summed E-state index contributed by atoms with van der Waals surface area (Å²) in [4.78, 5) is 11.0. The van der Waals surface area contributed by atoms with Gasteiger partial charge in [0.2, 0.25) is 0 Å². The average Bonchev–Trinajstić information content (AvgIpc) is 2.33. The third-order valence-corrected chi connectivity index (χ3v) is 3.07. The smallest absolute Gasteiger partial charge is 0.396 e. The van der Waals surface area contributed by atoms with Gasteiger partial charge < -0.3 is 14.0 Å². The molecule has 0 rings (SSSR count). The largest absolute Gasteiger partial charge is 0.743 e. The predicted molar refractivity (Wildman–Crippen MR) is 60.8 cm³/mol. The number of esters is 1. The Morgan fingerprint density at radius 1 is 1.29 bits per heavy atom. The minimum Gasteiger partial charge on any atom is -0.743 e. The normalized spacial score (nSPS) is 13.0. The molecule has 0 bridgehead atoms. The van der Waals surface area contributed by atoms with Gasteiger partial charge in [0, 0.05) is 6.42 Å². The summed E-state index contributed by atoms with van der Waals surface area (Å²) in [5.74, 6) is -5.95. The molecule has 0 saturated carbocycles. The Morgan fingerprint density at radius 2 is 1.81 bits per heavy atom. The summed E-state index contributed by atoms with van der Waals surface area (Å²) in [6, 6.07) is 0. The summed E-state index contributed by atoms with van der Waals surface area (Å²) in [6.45, 7) is 3.19. The lowest BCUT2D eigenvalue weighted by atomic mass is 10.2. The van der Waals surface area contributed by atoms with Gasteiger partial charge in [0.1, 0.15) is 0 Å². The molecule has 0 N–H and O–H groups in total. The third-order valence-electron chi connectivity index (χ3n) is 2.14. The summed E-state index contributed by atoms with van der Waals surface area (Å²) >= 11 is 0. The van der Waals surface area contributed by atoms with E-state index >= 15 is 0 Å². The maximum Gasteiger partial charge on any atom is 0.396 e. The van der Waals surface area contributed by atoms with Crippen LogP contribution in [0.1, 0.15) is 13.3 Å². The van der Waals surface area contributed by atoms with Gasteiger partial charge in [0.05, 0.1) is 25.4 Å². The molecule has 0 aliphatic carbocycles. The Balaban J connectivity index is 4.42. The molecule has 0 atom stereocenters. The molecule has 0 aliphatic rings. The first kappa shape index (κ1) is 19.8. The van der Waals surface area contributed by atoms with Gasteiger partial charge in [-0.25, -0.2) is 13.2 Å². The average molecular weight is 337 g/mol. The number of ether oxygens (including phenoxy) is 2. The molecule has 0 aliphatic heterocycles. The van der Waals surface area contributed by atoms with E-state index in [0.717, 1.165) is 0 Å². The lowest BCUT2D eigenvalue weighted by Gasteiger charge is -2.28. The molecule has 0 aromatic rings. The molecule has 0 spiro atoms. The monoisotopic (exact) mass is 337 g/mol. The number of hydrogen-bond donors (Lipinski definition) is 0. The molecule has 6 nitrogen and oxygen atoms in total. The lowest BCUT2D eigenvalue weighted by molar-refractivity contribution is -0.170. The molecular formula is C10H13F4O6S-. The Morgan fingerprint density at radius 3 is 2.24 bits per heavy atom. The predicted octanol–water partition coefficient (Wildman–Crippen LogP) is 1.29. The topological polar surface area (TPSA) is 92.7 Å². The molecule has 0 radical (unpaired) electrons. The molecule has 0 heterocycles. The maximum atomic E-state index is 13.0. The van der Waals surface area contributed by atoms with Crippen LogP contribution < -0.4 is 0 Å². The van der Waals surface area contributed by atoms with Crippen molar-refractivity contribution in [3.05, 3.63) is 12.2 Å². The number of hydrogen-bond acceptors (Lipinski definition) is 6. The van der Waals surface area contributed by atoms with E-state index in [9.17, 15) is 35.3 Å². The van der Waals surface area contributed by atoms with Gasteiger partial charge >= 0.3 is 17.1 Å². The molecule has 0 unspecified atom stereocenters. The molecule has 0 fully saturated rings. The van der Waals surface area contributed by atoms with Crippen LogP contribution in [0.15, 0.2) is 12.2 Å². The van der Waals surface area contributed by atoms with Crippen LogP contribution in [-0.2, 0) is 24.4 Å². The molecule has 0 amide bonds. The SMILES string of the molecule is C=C(COCCC(F)(F)C(F)(F)S(=O)(=O)[O-])C(=O)OCC. The second-order valence-corrected chi connectivity index (χ2v) is 5.22.